The number of thiazole rings is 1. The SMILES string of the molecule is O=C1NC(=O)c2cc(S(=O)(=O)Nc3ccc4nc(N5CCOCC5)sc4c3)ccc21. The van der Waals surface area contributed by atoms with E-state index in [0.29, 0.717) is 18.9 Å². The summed E-state index contributed by atoms with van der Waals surface area (Å²) in [6, 6.07) is 9.00. The molecule has 0 atom stereocenters. The molecule has 2 amide bonds. The second kappa shape index (κ2) is 7.04. The quantitative estimate of drug-likeness (QED) is 0.590. The third-order valence-electron chi connectivity index (χ3n) is 4.93. The van der Waals surface area contributed by atoms with Gasteiger partial charge in [-0.15, -0.1) is 0 Å². The average Bonchev–Trinajstić information content (AvgIpc) is 3.28. The number of morpholine rings is 1. The van der Waals surface area contributed by atoms with Crippen LogP contribution in [0.4, 0.5) is 10.8 Å². The van der Waals surface area contributed by atoms with Gasteiger partial charge in [-0.1, -0.05) is 11.3 Å². The third kappa shape index (κ3) is 3.30. The van der Waals surface area contributed by atoms with Gasteiger partial charge in [0.25, 0.3) is 21.8 Å². The van der Waals surface area contributed by atoms with E-state index in [-0.39, 0.29) is 16.0 Å². The molecule has 5 rings (SSSR count). The summed E-state index contributed by atoms with van der Waals surface area (Å²) in [5, 5.41) is 3.03. The molecular formula is C19H16N4O5S2. The van der Waals surface area contributed by atoms with Gasteiger partial charge in [0.05, 0.1) is 45.1 Å². The highest BCUT2D eigenvalue weighted by Crippen LogP contribution is 2.32. The minimum atomic E-state index is -3.94. The smallest absolute Gasteiger partial charge is 0.261 e. The second-order valence-corrected chi connectivity index (χ2v) is 9.57. The second-order valence-electron chi connectivity index (χ2n) is 6.87. The summed E-state index contributed by atoms with van der Waals surface area (Å²) in [5.41, 5.74) is 1.40. The molecule has 0 spiro atoms. The van der Waals surface area contributed by atoms with Crippen LogP contribution in [0.2, 0.25) is 0 Å². The van der Waals surface area contributed by atoms with Crippen LogP contribution in [0.5, 0.6) is 0 Å². The van der Waals surface area contributed by atoms with Gasteiger partial charge in [-0.3, -0.25) is 19.6 Å². The summed E-state index contributed by atoms with van der Waals surface area (Å²) in [7, 11) is -3.94. The largest absolute Gasteiger partial charge is 0.378 e. The number of nitrogens with one attached hydrogen (secondary N) is 2. The molecule has 2 aliphatic rings. The summed E-state index contributed by atoms with van der Waals surface area (Å²) in [5.74, 6) is -1.13. The molecule has 9 nitrogen and oxygen atoms in total. The van der Waals surface area contributed by atoms with Crippen LogP contribution in [-0.4, -0.2) is 51.5 Å². The standard InChI is InChI=1S/C19H16N4O5S2/c24-17-13-3-2-12(10-14(13)18(25)21-17)30(26,27)22-11-1-4-15-16(9-11)29-19(20-15)23-5-7-28-8-6-23/h1-4,9-10,22H,5-8H2,(H,21,24,25). The Labute approximate surface area is 175 Å². The summed E-state index contributed by atoms with van der Waals surface area (Å²) in [4.78, 5) is 30.2. The lowest BCUT2D eigenvalue weighted by Crippen LogP contribution is -2.36. The van der Waals surface area contributed by atoms with Crippen LogP contribution < -0.4 is 14.9 Å². The Balaban J connectivity index is 1.42. The minimum Gasteiger partial charge on any atom is -0.378 e. The third-order valence-corrected chi connectivity index (χ3v) is 7.39. The number of rotatable bonds is 4. The number of carbonyl (C=O) groups excluding carboxylic acids is 2. The van der Waals surface area contributed by atoms with Crippen molar-refractivity contribution in [1.29, 1.82) is 0 Å². The Morgan fingerprint density at radius 1 is 1.03 bits per heavy atom. The Kier molecular flexibility index (Phi) is 4.45. The lowest BCUT2D eigenvalue weighted by atomic mass is 10.1. The molecule has 30 heavy (non-hydrogen) atoms. The predicted octanol–water partition coefficient (Wildman–Crippen LogP) is 1.82. The molecule has 0 aliphatic carbocycles. The molecule has 2 N–H and O–H groups in total. The number of sulfonamides is 1. The van der Waals surface area contributed by atoms with Crippen molar-refractivity contribution < 1.29 is 22.7 Å². The van der Waals surface area contributed by atoms with Gasteiger partial charge < -0.3 is 9.64 Å². The Bertz CT molecular complexity index is 1300. The average molecular weight is 444 g/mol. The highest BCUT2D eigenvalue weighted by atomic mass is 32.2. The van der Waals surface area contributed by atoms with E-state index in [1.54, 1.807) is 18.2 Å². The number of hydrogen-bond acceptors (Lipinski definition) is 8. The molecular weight excluding hydrogens is 428 g/mol. The first-order valence-corrected chi connectivity index (χ1v) is 11.5. The molecule has 3 heterocycles. The van der Waals surface area contributed by atoms with Crippen LogP contribution in [0.3, 0.4) is 0 Å². The number of fused-ring (bicyclic) bond motifs is 2. The van der Waals surface area contributed by atoms with E-state index in [4.69, 9.17) is 4.74 Å². The van der Waals surface area contributed by atoms with Crippen molar-refractivity contribution in [2.24, 2.45) is 0 Å². The van der Waals surface area contributed by atoms with E-state index in [1.165, 1.54) is 29.5 Å². The zero-order valence-electron chi connectivity index (χ0n) is 15.5. The van der Waals surface area contributed by atoms with Gasteiger partial charge in [0.15, 0.2) is 5.13 Å². The first-order valence-electron chi connectivity index (χ1n) is 9.16. The van der Waals surface area contributed by atoms with Gasteiger partial charge in [-0.05, 0) is 36.4 Å². The number of anilines is 2. The first-order chi connectivity index (χ1) is 14.4. The van der Waals surface area contributed by atoms with E-state index in [9.17, 15) is 18.0 Å². The zero-order chi connectivity index (χ0) is 20.9. The van der Waals surface area contributed by atoms with Crippen LogP contribution in [0.1, 0.15) is 20.7 Å². The van der Waals surface area contributed by atoms with Crippen molar-refractivity contribution in [3.8, 4) is 0 Å². The highest BCUT2D eigenvalue weighted by Gasteiger charge is 2.29. The number of aromatic nitrogens is 1. The number of nitrogens with zero attached hydrogens (tertiary/aromatic N) is 2. The number of ether oxygens (including phenoxy) is 1. The molecule has 2 aromatic carbocycles. The van der Waals surface area contributed by atoms with Gasteiger partial charge in [-0.2, -0.15) is 0 Å². The Morgan fingerprint density at radius 2 is 1.80 bits per heavy atom. The predicted molar refractivity (Wildman–Crippen MR) is 112 cm³/mol. The van der Waals surface area contributed by atoms with Gasteiger partial charge in [0.2, 0.25) is 0 Å². The lowest BCUT2D eigenvalue weighted by Gasteiger charge is -2.25. The van der Waals surface area contributed by atoms with E-state index in [0.717, 1.165) is 28.4 Å². The Hall–Kier alpha value is -3.02. The lowest BCUT2D eigenvalue weighted by molar-refractivity contribution is 0.0879. The molecule has 11 heteroatoms. The van der Waals surface area contributed by atoms with Crippen molar-refractivity contribution in [2.75, 3.05) is 35.9 Å². The molecule has 0 saturated carbocycles. The maximum absolute atomic E-state index is 12.8. The highest BCUT2D eigenvalue weighted by molar-refractivity contribution is 7.92. The molecule has 1 fully saturated rings. The molecule has 1 aromatic heterocycles. The summed E-state index contributed by atoms with van der Waals surface area (Å²) in [6.45, 7) is 2.86. The molecule has 0 bridgehead atoms. The number of benzene rings is 2. The van der Waals surface area contributed by atoms with Crippen molar-refractivity contribution in [3.63, 3.8) is 0 Å². The van der Waals surface area contributed by atoms with Crippen molar-refractivity contribution in [2.45, 2.75) is 4.90 Å². The maximum atomic E-state index is 12.8. The van der Waals surface area contributed by atoms with Gasteiger partial charge in [0, 0.05) is 13.1 Å². The van der Waals surface area contributed by atoms with Crippen LogP contribution >= 0.6 is 11.3 Å². The fourth-order valence-electron chi connectivity index (χ4n) is 3.39. The number of imide groups is 1. The van der Waals surface area contributed by atoms with E-state index in [2.05, 4.69) is 19.9 Å². The van der Waals surface area contributed by atoms with Crippen molar-refractivity contribution >= 4 is 54.2 Å². The summed E-state index contributed by atoms with van der Waals surface area (Å²) in [6.07, 6.45) is 0. The fourth-order valence-corrected chi connectivity index (χ4v) is 5.53. The molecule has 0 radical (unpaired) electrons. The van der Waals surface area contributed by atoms with Crippen molar-refractivity contribution in [3.05, 3.63) is 47.5 Å². The molecule has 154 valence electrons. The number of hydrogen-bond donors (Lipinski definition) is 2. The molecule has 1 saturated heterocycles. The zero-order valence-corrected chi connectivity index (χ0v) is 17.2. The molecule has 3 aromatic rings. The van der Waals surface area contributed by atoms with Gasteiger partial charge >= 0.3 is 0 Å². The molecule has 2 aliphatic heterocycles. The van der Waals surface area contributed by atoms with Crippen LogP contribution in [0, 0.1) is 0 Å². The molecule has 0 unspecified atom stereocenters. The summed E-state index contributed by atoms with van der Waals surface area (Å²) >= 11 is 1.49. The van der Waals surface area contributed by atoms with E-state index in [1.807, 2.05) is 0 Å². The van der Waals surface area contributed by atoms with Crippen LogP contribution in [0.25, 0.3) is 10.2 Å². The monoisotopic (exact) mass is 444 g/mol. The van der Waals surface area contributed by atoms with E-state index >= 15 is 0 Å². The summed E-state index contributed by atoms with van der Waals surface area (Å²) < 4.78 is 34.4. The number of amides is 2. The first kappa shape index (κ1) is 19.0. The Morgan fingerprint density at radius 3 is 2.60 bits per heavy atom. The normalized spacial score (nSPS) is 16.6. The maximum Gasteiger partial charge on any atom is 0.261 e. The fraction of sp³-hybridized carbons (Fsp3) is 0.211. The van der Waals surface area contributed by atoms with Gasteiger partial charge in [-0.25, -0.2) is 13.4 Å². The van der Waals surface area contributed by atoms with Gasteiger partial charge in [0.1, 0.15) is 0 Å². The van der Waals surface area contributed by atoms with E-state index < -0.39 is 21.8 Å². The van der Waals surface area contributed by atoms with Crippen LogP contribution in [0.15, 0.2) is 41.3 Å². The minimum absolute atomic E-state index is 0.0518. The topological polar surface area (TPSA) is 118 Å². The number of carbonyl (C=O) groups is 2. The van der Waals surface area contributed by atoms with Crippen molar-refractivity contribution in [1.82, 2.24) is 10.3 Å². The van der Waals surface area contributed by atoms with Crippen LogP contribution in [-0.2, 0) is 14.8 Å².